The molecule has 0 amide bonds. The zero-order valence-electron chi connectivity index (χ0n) is 124. The fraction of sp³-hybridized carbons (Fsp3) is 0.384. The Hall–Kier alpha value is -11.4. The Balaban J connectivity index is 0.000000243. The van der Waals surface area contributed by atoms with Gasteiger partial charge in [0.15, 0.2) is 43.4 Å². The van der Waals surface area contributed by atoms with Crippen molar-refractivity contribution in [3.05, 3.63) is 371 Å². The van der Waals surface area contributed by atoms with Crippen LogP contribution in [0.2, 0.25) is 0 Å². The molecule has 694 valence electrons. The lowest BCUT2D eigenvalue weighted by atomic mass is 9.88. The molecule has 0 radical (unpaired) electrons. The molecule has 14 rings (SSSR count). The Bertz CT molecular complexity index is 7970. The van der Waals surface area contributed by atoms with E-state index in [1.54, 1.807) is 209 Å². The van der Waals surface area contributed by atoms with Gasteiger partial charge in [-0.2, -0.15) is 0 Å². The van der Waals surface area contributed by atoms with Gasteiger partial charge in [-0.05, 0) is 341 Å². The van der Waals surface area contributed by atoms with Gasteiger partial charge in [0.1, 0.15) is 49.3 Å². The van der Waals surface area contributed by atoms with Gasteiger partial charge in [0.2, 0.25) is 39.9 Å². The van der Waals surface area contributed by atoms with Crippen molar-refractivity contribution < 1.29 is 88.2 Å². The molecule has 7 aromatic heterocycles. The summed E-state index contributed by atoms with van der Waals surface area (Å²) in [6.45, 7) is 16.2. The second-order valence-electron chi connectivity index (χ2n) is 37.1. The quantitative estimate of drug-likeness (QED) is 0.0915. The zero-order valence-corrected chi connectivity index (χ0v) is 82.8. The van der Waals surface area contributed by atoms with Crippen molar-refractivity contribution in [3.8, 4) is 78.8 Å². The maximum Gasteiger partial charge on any atom is 0.212 e. The topological polar surface area (TPSA) is 27.2 Å². The highest BCUT2D eigenvalue weighted by atomic mass is 15.0. The van der Waals surface area contributed by atoms with Crippen molar-refractivity contribution in [2.45, 2.75) is 252 Å². The molecule has 132 heavy (non-hydrogen) atoms. The van der Waals surface area contributed by atoms with E-state index in [0.29, 0.717) is 66.8 Å². The van der Waals surface area contributed by atoms with Gasteiger partial charge in [0, 0.05) is 178 Å². The smallest absolute Gasteiger partial charge is 0.201 e. The van der Waals surface area contributed by atoms with Crippen molar-refractivity contribution in [1.29, 1.82) is 0 Å². The SMILES string of the molecule is [2H]C([2H])([2H])c1ccc(-c2cc(C([2H])([2H])C(C)(C)C)cc[n+]2C)c(C)c1.[2H]C([2H])([2H])c1ccc(-c2cc(C([2H])([2H])C(C)C)cc[n+]2C)c(C)c1.[2H]C([2H])([2H])c1ccc(-c2cc(C)c(C([2H])(C)C([2H])([2H])[2H])cc2C)[n+](C)c1.[2H]C([2H])([2H])c1ccc(-c2cc(C)c(C([2H])([2H])C([2H])([2H])[2H])cc2C)[n+](C)c1.[2H]C([2H])([2H])c1ccc(-c2cc(C)c(C([2H])([2H])[2H])cc2C)[n+](C)c1.[2H]C([2H])([2H])c1ccc(-c2ccc(C([2H])([2H])C(C)(C)C)c[n+]2C)c(C)c1.[2H]C([2H])([2H])c1ccc(-c2ccc(C([2H])([2H])C(C)C)c[n+]2C)c(C)c1. The number of hydrogen-bond acceptors (Lipinski definition) is 0. The Morgan fingerprint density at radius 2 is 0.598 bits per heavy atom. The van der Waals surface area contributed by atoms with Gasteiger partial charge in [-0.1, -0.05) is 179 Å². The van der Waals surface area contributed by atoms with Gasteiger partial charge < -0.3 is 0 Å². The highest BCUT2D eigenvalue weighted by Crippen LogP contribution is 2.33. The molecular weight excluding hydrogens is 1600 g/mol. The van der Waals surface area contributed by atoms with E-state index in [9.17, 15) is 0 Å². The average Bonchev–Trinajstić information content (AvgIpc) is 0.754. The van der Waals surface area contributed by atoms with Gasteiger partial charge in [0.25, 0.3) is 0 Å². The number of aromatic nitrogens is 7. The first-order chi connectivity index (χ1) is 78.1. The Kier molecular flexibility index (Phi) is 21.7. The number of nitrogens with zero attached hydrogens (tertiary/aromatic N) is 7. The lowest BCUT2D eigenvalue weighted by Crippen LogP contribution is -2.32. The first kappa shape index (κ1) is 60.7. The van der Waals surface area contributed by atoms with E-state index in [1.165, 1.54) is 6.92 Å². The Labute approximate surface area is 858 Å². The third-order valence-electron chi connectivity index (χ3n) is 22.0. The molecule has 7 aromatic carbocycles. The summed E-state index contributed by atoms with van der Waals surface area (Å²) in [4.78, 5) is 0. The van der Waals surface area contributed by atoms with Crippen molar-refractivity contribution in [2.75, 3.05) is 0 Å². The molecule has 1 atom stereocenters. The first-order valence-corrected chi connectivity index (χ1v) is 44.5. The molecule has 14 aromatic rings. The third-order valence-corrected chi connectivity index (χ3v) is 22.0. The van der Waals surface area contributed by atoms with E-state index < -0.39 is 117 Å². The van der Waals surface area contributed by atoms with Crippen LogP contribution in [0, 0.1) is 147 Å². The van der Waals surface area contributed by atoms with E-state index in [1.807, 2.05) is 249 Å². The lowest BCUT2D eigenvalue weighted by Gasteiger charge is -2.18. The lowest BCUT2D eigenvalue weighted by molar-refractivity contribution is -0.661. The normalized spacial score (nSPS) is 17.7. The Morgan fingerprint density at radius 3 is 0.977 bits per heavy atom. The summed E-state index contributed by atoms with van der Waals surface area (Å²) in [6, 6.07) is 55.7. The van der Waals surface area contributed by atoms with Gasteiger partial charge in [-0.3, -0.25) is 0 Å². The molecule has 7 heteroatoms. The average molecular weight is 1810 g/mol. The molecule has 0 N–H and O–H groups in total. The summed E-state index contributed by atoms with van der Waals surface area (Å²) in [5.41, 5.74) is 24.6. The summed E-state index contributed by atoms with van der Waals surface area (Å²) in [6.07, 6.45) is 3.85. The summed E-state index contributed by atoms with van der Waals surface area (Å²) >= 11 is 0. The maximum atomic E-state index is 8.50. The number of rotatable bonds is 15. The van der Waals surface area contributed by atoms with Crippen molar-refractivity contribution >= 4 is 0 Å². The third kappa shape index (κ3) is 30.6. The summed E-state index contributed by atoms with van der Waals surface area (Å²) in [7, 11) is 12.9. The van der Waals surface area contributed by atoms with Crippen LogP contribution in [-0.2, 0) is 81.2 Å². The fourth-order valence-electron chi connectivity index (χ4n) is 15.6. The monoisotopic (exact) mass is 1810 g/mol. The maximum absolute atomic E-state index is 8.50. The van der Waals surface area contributed by atoms with Crippen LogP contribution in [-0.4, -0.2) is 0 Å². The largest absolute Gasteiger partial charge is 0.212 e. The van der Waals surface area contributed by atoms with Gasteiger partial charge in [-0.15, -0.1) is 0 Å². The number of pyridine rings is 7. The number of hydrogen-bond donors (Lipinski definition) is 0. The van der Waals surface area contributed by atoms with Crippen LogP contribution in [0.15, 0.2) is 238 Å². The second-order valence-corrected chi connectivity index (χ2v) is 37.1. The molecular formula is C125H166N7+7. The van der Waals surface area contributed by atoms with Crippen molar-refractivity contribution in [1.82, 2.24) is 0 Å². The van der Waals surface area contributed by atoms with Crippen molar-refractivity contribution in [2.24, 2.45) is 72.0 Å². The van der Waals surface area contributed by atoms with Crippen LogP contribution in [0.25, 0.3) is 78.8 Å². The van der Waals surface area contributed by atoms with E-state index in [0.717, 1.165) is 123 Å². The minimum Gasteiger partial charge on any atom is -0.201 e. The molecule has 0 aliphatic carbocycles. The van der Waals surface area contributed by atoms with E-state index >= 15 is 0 Å². The van der Waals surface area contributed by atoms with Crippen LogP contribution >= 0.6 is 0 Å². The zero-order chi connectivity index (χ0) is 133. The number of benzene rings is 7. The highest BCUT2D eigenvalue weighted by molar-refractivity contribution is 5.68. The summed E-state index contributed by atoms with van der Waals surface area (Å²) in [5.74, 6) is -1.96. The van der Waals surface area contributed by atoms with Crippen LogP contribution in [0.1, 0.15) is 285 Å². The Morgan fingerprint density at radius 1 is 0.273 bits per heavy atom. The fourth-order valence-corrected chi connectivity index (χ4v) is 15.6. The van der Waals surface area contributed by atoms with Crippen LogP contribution in [0.5, 0.6) is 0 Å². The predicted molar refractivity (Wildman–Crippen MR) is 564 cm³/mol. The van der Waals surface area contributed by atoms with Crippen LogP contribution in [0.3, 0.4) is 0 Å². The molecule has 0 aliphatic heterocycles. The first-order valence-electron chi connectivity index (χ1n) is 65.0. The molecule has 0 fully saturated rings. The number of aryl methyl sites for hydroxylation is 26. The summed E-state index contributed by atoms with van der Waals surface area (Å²) < 4.78 is 330. The highest BCUT2D eigenvalue weighted by Gasteiger charge is 2.24. The predicted octanol–water partition coefficient (Wildman–Crippen LogP) is 28.1. The molecule has 0 saturated heterocycles. The van der Waals surface area contributed by atoms with Gasteiger partial charge >= 0.3 is 0 Å². The molecule has 7 heterocycles. The summed E-state index contributed by atoms with van der Waals surface area (Å²) in [5, 5.41) is 0. The van der Waals surface area contributed by atoms with E-state index in [4.69, 9.17) is 56.2 Å². The molecule has 7 nitrogen and oxygen atoms in total. The van der Waals surface area contributed by atoms with E-state index in [-0.39, 0.29) is 34.1 Å². The van der Waals surface area contributed by atoms with Gasteiger partial charge in [-0.25, -0.2) is 32.0 Å². The minimum absolute atomic E-state index is 0.122. The molecule has 0 aliphatic rings. The van der Waals surface area contributed by atoms with Crippen molar-refractivity contribution in [3.63, 3.8) is 0 Å². The van der Waals surface area contributed by atoms with E-state index in [2.05, 4.69) is 0 Å². The molecule has 1 unspecified atom stereocenters. The molecule has 0 bridgehead atoms. The standard InChI is InChI=1S/2C19H26N.3C18H24N.C17H22N.C16H20N/c1-14-7-9-17(15(2)11-14)18-10-8-16(13-20(18)6)12-19(3,4)5;1-14-7-8-17(15(2)11-14)18-12-16(9-10-20(18)6)13-19(3,4)5;1-12(2)16-9-15(5)17(10-14(16)4)18-8-7-13(3)11-19(18)6;1-13(2)10-16-7-9-18(19(5)12-16)17-8-6-14(3)11-15(17)4;1-13(2)10-16-8-9-19(5)18(12-16)17-7-6-14(3)11-15(17)4;1-6-15-9-14(4)16(10-13(15)3)17-8-7-12(2)11-18(17)5;1-11-6-7-16(17(5)10-11)15-9-13(3)12(2)8-14(15)4/h7-11,13H,12H2,1-6H3;7-12H,13H2,1-6H3;7-12H,1-6H3;2*6-9,11-13H,10H2,1-5H3;7-11H,6H2,1-5H3;6-10H,1-5H3/q7*+1/i1D3,12D2;1D3,13D2;1D3,3D3,12D;2*3D3,10D2;1D3,2D3,6D2;1D3,2D3. The second kappa shape index (κ2) is 47.3. The van der Waals surface area contributed by atoms with Crippen LogP contribution < -0.4 is 32.0 Å². The molecule has 0 spiro atoms. The van der Waals surface area contributed by atoms with Gasteiger partial charge in [0.05, 0.1) is 0 Å². The molecule has 0 saturated carbocycles. The van der Waals surface area contributed by atoms with Crippen LogP contribution in [0.4, 0.5) is 0 Å². The minimum atomic E-state index is -2.77.